The fourth-order valence-corrected chi connectivity index (χ4v) is 3.13. The summed E-state index contributed by atoms with van der Waals surface area (Å²) in [6.07, 6.45) is 1.71. The Bertz CT molecular complexity index is 695. The zero-order valence-electron chi connectivity index (χ0n) is 14.1. The van der Waals surface area contributed by atoms with Gasteiger partial charge in [0.05, 0.1) is 5.69 Å². The van der Waals surface area contributed by atoms with Gasteiger partial charge >= 0.3 is 6.03 Å². The molecule has 1 atom stereocenters. The number of carbonyl (C=O) groups is 2. The van der Waals surface area contributed by atoms with Crippen LogP contribution in [0.2, 0.25) is 0 Å². The van der Waals surface area contributed by atoms with Crippen LogP contribution in [0.15, 0.2) is 12.1 Å². The van der Waals surface area contributed by atoms with E-state index in [1.807, 2.05) is 0 Å². The van der Waals surface area contributed by atoms with Gasteiger partial charge in [-0.3, -0.25) is 4.79 Å². The summed E-state index contributed by atoms with van der Waals surface area (Å²) in [4.78, 5) is 27.8. The third kappa shape index (κ3) is 4.09. The number of carbonyl (C=O) groups excluding carboxylic acids is 2. The molecule has 0 radical (unpaired) electrons. The van der Waals surface area contributed by atoms with E-state index in [-0.39, 0.29) is 12.5 Å². The highest BCUT2D eigenvalue weighted by atomic mass is 19.2. The minimum absolute atomic E-state index is 0.0728. The Hall–Kier alpha value is -2.29. The van der Waals surface area contributed by atoms with Crippen LogP contribution in [0.3, 0.4) is 0 Å². The number of urea groups is 1. The van der Waals surface area contributed by atoms with E-state index < -0.39 is 35.3 Å². The molecule has 0 saturated carbocycles. The molecule has 1 aromatic rings. The molecule has 0 aromatic heterocycles. The second-order valence-corrected chi connectivity index (χ2v) is 6.34. The van der Waals surface area contributed by atoms with Crippen molar-refractivity contribution in [1.29, 1.82) is 0 Å². The highest BCUT2D eigenvalue weighted by Gasteiger charge is 2.30. The molecule has 2 aliphatic heterocycles. The van der Waals surface area contributed by atoms with Crippen LogP contribution >= 0.6 is 0 Å². The van der Waals surface area contributed by atoms with Crippen LogP contribution in [0, 0.1) is 17.5 Å². The molecular weight excluding hydrogens is 351 g/mol. The smallest absolute Gasteiger partial charge is 0.321 e. The molecule has 26 heavy (non-hydrogen) atoms. The summed E-state index contributed by atoms with van der Waals surface area (Å²) in [6.45, 7) is 2.05. The van der Waals surface area contributed by atoms with Gasteiger partial charge in [0.2, 0.25) is 0 Å². The summed E-state index contributed by atoms with van der Waals surface area (Å²) >= 11 is 0. The lowest BCUT2D eigenvalue weighted by Crippen LogP contribution is -2.42. The van der Waals surface area contributed by atoms with Crippen molar-refractivity contribution < 1.29 is 27.5 Å². The maximum absolute atomic E-state index is 13.7. The van der Waals surface area contributed by atoms with Crippen molar-refractivity contribution in [2.24, 2.45) is 0 Å². The van der Waals surface area contributed by atoms with Gasteiger partial charge in [0.1, 0.15) is 11.9 Å². The highest BCUT2D eigenvalue weighted by Crippen LogP contribution is 2.20. The number of hydrogen-bond acceptors (Lipinski definition) is 3. The highest BCUT2D eigenvalue weighted by molar-refractivity contribution is 5.89. The monoisotopic (exact) mass is 371 g/mol. The van der Waals surface area contributed by atoms with Crippen molar-refractivity contribution in [1.82, 2.24) is 9.80 Å². The van der Waals surface area contributed by atoms with Gasteiger partial charge in [-0.15, -0.1) is 0 Å². The van der Waals surface area contributed by atoms with Gasteiger partial charge in [0, 0.05) is 44.9 Å². The third-order valence-corrected chi connectivity index (χ3v) is 4.55. The van der Waals surface area contributed by atoms with Crippen LogP contribution in [-0.2, 0) is 9.53 Å². The van der Waals surface area contributed by atoms with Gasteiger partial charge in [-0.2, -0.15) is 0 Å². The number of halogens is 3. The minimum atomic E-state index is -1.32. The van der Waals surface area contributed by atoms with Crippen LogP contribution in [0.5, 0.6) is 0 Å². The first kappa shape index (κ1) is 18.5. The maximum atomic E-state index is 13.7. The van der Waals surface area contributed by atoms with E-state index in [4.69, 9.17) is 4.74 Å². The number of amides is 3. The molecule has 9 heteroatoms. The summed E-state index contributed by atoms with van der Waals surface area (Å²) in [5.74, 6) is -3.69. The van der Waals surface area contributed by atoms with E-state index in [0.29, 0.717) is 51.2 Å². The van der Waals surface area contributed by atoms with Gasteiger partial charge < -0.3 is 19.9 Å². The molecule has 142 valence electrons. The lowest BCUT2D eigenvalue weighted by atomic mass is 10.2. The molecular formula is C17H20F3N3O3. The Kier molecular flexibility index (Phi) is 5.65. The molecule has 6 nitrogen and oxygen atoms in total. The van der Waals surface area contributed by atoms with Crippen LogP contribution in [0.4, 0.5) is 23.7 Å². The number of hydrogen-bond donors (Lipinski definition) is 1. The van der Waals surface area contributed by atoms with E-state index in [1.165, 1.54) is 4.90 Å². The normalized spacial score (nSPS) is 20.8. The largest absolute Gasteiger partial charge is 0.368 e. The zero-order chi connectivity index (χ0) is 18.7. The second-order valence-electron chi connectivity index (χ2n) is 6.34. The Balaban J connectivity index is 1.59. The molecule has 2 aliphatic rings. The fourth-order valence-electron chi connectivity index (χ4n) is 3.13. The average molecular weight is 371 g/mol. The summed E-state index contributed by atoms with van der Waals surface area (Å²) in [5, 5.41) is 2.25. The Morgan fingerprint density at radius 2 is 1.65 bits per heavy atom. The summed E-state index contributed by atoms with van der Waals surface area (Å²) in [6, 6.07) is 0.365. The number of rotatable bonds is 2. The quantitative estimate of drug-likeness (QED) is 0.812. The average Bonchev–Trinajstić information content (AvgIpc) is 3.03. The molecule has 0 aliphatic carbocycles. The molecule has 3 rings (SSSR count). The van der Waals surface area contributed by atoms with Crippen molar-refractivity contribution in [3.63, 3.8) is 0 Å². The first-order chi connectivity index (χ1) is 12.5. The first-order valence-electron chi connectivity index (χ1n) is 8.56. The maximum Gasteiger partial charge on any atom is 0.321 e. The van der Waals surface area contributed by atoms with Gasteiger partial charge in [-0.1, -0.05) is 0 Å². The van der Waals surface area contributed by atoms with Crippen LogP contribution < -0.4 is 5.32 Å². The van der Waals surface area contributed by atoms with Gasteiger partial charge in [-0.25, -0.2) is 18.0 Å². The molecule has 2 heterocycles. The molecule has 3 amide bonds. The van der Waals surface area contributed by atoms with Crippen molar-refractivity contribution >= 4 is 17.6 Å². The van der Waals surface area contributed by atoms with Gasteiger partial charge in [-0.05, 0) is 19.3 Å². The SMILES string of the molecule is O=C(Nc1cc(F)c(F)cc1F)N1CCCN(C(=O)[C@H]2CCCO2)CC1. The molecule has 0 unspecified atom stereocenters. The number of nitrogens with zero attached hydrogens (tertiary/aromatic N) is 2. The number of anilines is 1. The van der Waals surface area contributed by atoms with Crippen LogP contribution in [0.25, 0.3) is 0 Å². The molecule has 1 N–H and O–H groups in total. The molecule has 0 spiro atoms. The standard InChI is InChI=1S/C17H20F3N3O3/c18-11-9-13(20)14(10-12(11)19)21-17(25)23-5-2-4-22(6-7-23)16(24)15-3-1-8-26-15/h9-10,15H,1-8H2,(H,21,25)/t15-/m1/s1. The lowest BCUT2D eigenvalue weighted by molar-refractivity contribution is -0.140. The van der Waals surface area contributed by atoms with Gasteiger partial charge in [0.15, 0.2) is 11.6 Å². The minimum Gasteiger partial charge on any atom is -0.368 e. The predicted molar refractivity (Wildman–Crippen MR) is 87.1 cm³/mol. The van der Waals surface area contributed by atoms with E-state index in [0.717, 1.165) is 6.42 Å². The van der Waals surface area contributed by atoms with Crippen LogP contribution in [-0.4, -0.2) is 60.6 Å². The zero-order valence-corrected chi connectivity index (χ0v) is 14.1. The van der Waals surface area contributed by atoms with Crippen LogP contribution in [0.1, 0.15) is 19.3 Å². The summed E-state index contributed by atoms with van der Waals surface area (Å²) in [5.41, 5.74) is -0.426. The Labute approximate surface area is 148 Å². The van der Waals surface area contributed by atoms with Crippen molar-refractivity contribution in [3.05, 3.63) is 29.6 Å². The van der Waals surface area contributed by atoms with Crippen molar-refractivity contribution in [2.75, 3.05) is 38.1 Å². The predicted octanol–water partition coefficient (Wildman–Crippen LogP) is 2.35. The molecule has 1 aromatic carbocycles. The molecule has 0 bridgehead atoms. The van der Waals surface area contributed by atoms with Crippen molar-refractivity contribution in [3.8, 4) is 0 Å². The number of nitrogens with one attached hydrogen (secondary N) is 1. The second kappa shape index (κ2) is 7.94. The molecule has 2 saturated heterocycles. The summed E-state index contributed by atoms with van der Waals surface area (Å²) in [7, 11) is 0. The van der Waals surface area contributed by atoms with Crippen molar-refractivity contribution in [2.45, 2.75) is 25.4 Å². The molecule has 2 fully saturated rings. The summed E-state index contributed by atoms with van der Waals surface area (Å²) < 4.78 is 45.3. The van der Waals surface area contributed by atoms with Gasteiger partial charge in [0.25, 0.3) is 5.91 Å². The number of ether oxygens (including phenoxy) is 1. The third-order valence-electron chi connectivity index (χ3n) is 4.55. The van der Waals surface area contributed by atoms with E-state index in [1.54, 1.807) is 4.90 Å². The topological polar surface area (TPSA) is 61.9 Å². The van der Waals surface area contributed by atoms with E-state index in [9.17, 15) is 22.8 Å². The lowest BCUT2D eigenvalue weighted by Gasteiger charge is -2.24. The fraction of sp³-hybridized carbons (Fsp3) is 0.529. The van der Waals surface area contributed by atoms with E-state index in [2.05, 4.69) is 5.32 Å². The van der Waals surface area contributed by atoms with E-state index >= 15 is 0 Å². The Morgan fingerprint density at radius 1 is 0.962 bits per heavy atom. The Morgan fingerprint density at radius 3 is 2.38 bits per heavy atom. The number of benzene rings is 1. The first-order valence-corrected chi connectivity index (χ1v) is 8.56.